The van der Waals surface area contributed by atoms with E-state index in [1.165, 1.54) is 12.3 Å². The molecule has 0 bridgehead atoms. The van der Waals surface area contributed by atoms with Gasteiger partial charge in [0.1, 0.15) is 17.2 Å². The van der Waals surface area contributed by atoms with E-state index in [1.54, 1.807) is 24.3 Å². The maximum absolute atomic E-state index is 14.8. The van der Waals surface area contributed by atoms with Gasteiger partial charge in [-0.05, 0) is 42.3 Å². The van der Waals surface area contributed by atoms with E-state index in [1.807, 2.05) is 12.1 Å². The van der Waals surface area contributed by atoms with E-state index in [2.05, 4.69) is 31.7 Å². The maximum atomic E-state index is 14.8. The van der Waals surface area contributed by atoms with Crippen LogP contribution in [0, 0.1) is 11.8 Å². The molecule has 0 spiro atoms. The van der Waals surface area contributed by atoms with E-state index in [-0.39, 0.29) is 22.6 Å². The molecule has 7 nitrogen and oxygen atoms in total. The first-order valence-electron chi connectivity index (χ1n) is 11.2. The van der Waals surface area contributed by atoms with Gasteiger partial charge in [0, 0.05) is 49.2 Å². The monoisotopic (exact) mass is 462 g/mol. The van der Waals surface area contributed by atoms with Gasteiger partial charge in [-0.3, -0.25) is 4.79 Å². The Morgan fingerprint density at radius 3 is 2.41 bits per heavy atom. The molecular formula is C25H24F2N6O. The number of aromatic amines is 1. The topological polar surface area (TPSA) is 91.1 Å². The van der Waals surface area contributed by atoms with Crippen LogP contribution in [0.1, 0.15) is 6.92 Å². The number of nitrogen functional groups attached to an aromatic ring is 1. The lowest BCUT2D eigenvalue weighted by molar-refractivity contribution is 0.271. The van der Waals surface area contributed by atoms with Crippen molar-refractivity contribution in [1.82, 2.24) is 19.9 Å². The number of nitrogens with two attached hydrogens (primary N) is 1. The highest BCUT2D eigenvalue weighted by molar-refractivity contribution is 5.88. The summed E-state index contributed by atoms with van der Waals surface area (Å²) >= 11 is 0. The van der Waals surface area contributed by atoms with E-state index in [4.69, 9.17) is 5.73 Å². The molecular weight excluding hydrogens is 438 g/mol. The third-order valence-corrected chi connectivity index (χ3v) is 6.30. The van der Waals surface area contributed by atoms with Gasteiger partial charge in [-0.2, -0.15) is 9.37 Å². The summed E-state index contributed by atoms with van der Waals surface area (Å²) in [6, 6.07) is 11.8. The molecule has 0 amide bonds. The fourth-order valence-electron chi connectivity index (χ4n) is 4.39. The lowest BCUT2D eigenvalue weighted by Crippen LogP contribution is -2.46. The van der Waals surface area contributed by atoms with E-state index in [0.29, 0.717) is 16.5 Å². The number of piperazine rings is 1. The van der Waals surface area contributed by atoms with Crippen molar-refractivity contribution < 1.29 is 8.78 Å². The predicted molar refractivity (Wildman–Crippen MR) is 130 cm³/mol. The summed E-state index contributed by atoms with van der Waals surface area (Å²) in [6.45, 7) is 7.09. The Hall–Kier alpha value is -3.85. The molecule has 34 heavy (non-hydrogen) atoms. The van der Waals surface area contributed by atoms with E-state index in [0.717, 1.165) is 38.4 Å². The molecule has 2 aromatic carbocycles. The molecule has 3 N–H and O–H groups in total. The minimum Gasteiger partial charge on any atom is -0.382 e. The number of halogens is 2. The molecule has 1 saturated heterocycles. The molecule has 0 aliphatic carbocycles. The number of fused-ring (bicyclic) bond motifs is 1. The van der Waals surface area contributed by atoms with Crippen LogP contribution in [0.15, 0.2) is 53.5 Å². The van der Waals surface area contributed by atoms with Crippen LogP contribution < -0.4 is 16.2 Å². The number of benzene rings is 2. The van der Waals surface area contributed by atoms with Crippen LogP contribution in [0.3, 0.4) is 0 Å². The number of rotatable bonds is 4. The highest BCUT2D eigenvalue weighted by atomic mass is 19.1. The fourth-order valence-corrected chi connectivity index (χ4v) is 4.39. The van der Waals surface area contributed by atoms with Gasteiger partial charge < -0.3 is 20.5 Å². The number of nitrogens with one attached hydrogen (secondary N) is 1. The average Bonchev–Trinajstić information content (AvgIpc) is 2.84. The molecule has 0 atom stereocenters. The smallest absolute Gasteiger partial charge is 0.258 e. The average molecular weight is 463 g/mol. The second-order valence-corrected chi connectivity index (χ2v) is 8.29. The molecule has 0 unspecified atom stereocenters. The molecule has 0 saturated carbocycles. The quantitative estimate of drug-likeness (QED) is 0.481. The maximum Gasteiger partial charge on any atom is 0.258 e. The fraction of sp³-hybridized carbons (Fsp3) is 0.240. The van der Waals surface area contributed by atoms with Gasteiger partial charge >= 0.3 is 0 Å². The van der Waals surface area contributed by atoms with Crippen molar-refractivity contribution in [1.29, 1.82) is 0 Å². The van der Waals surface area contributed by atoms with Crippen molar-refractivity contribution in [3.8, 4) is 22.5 Å². The Labute approximate surface area is 194 Å². The summed E-state index contributed by atoms with van der Waals surface area (Å²) in [6.07, 6.45) is 1.43. The highest BCUT2D eigenvalue weighted by Gasteiger charge is 2.19. The SMILES string of the molecule is CCN1CCN(c2ccc(-c3nc(-c4cc(F)c5c(=O)[nH]ccc5c4)c(N)nc3F)cc2)CC1. The van der Waals surface area contributed by atoms with Crippen molar-refractivity contribution in [2.45, 2.75) is 6.92 Å². The number of hydrogen-bond acceptors (Lipinski definition) is 6. The zero-order chi connectivity index (χ0) is 23.8. The predicted octanol–water partition coefficient (Wildman–Crippen LogP) is 3.65. The lowest BCUT2D eigenvalue weighted by Gasteiger charge is -2.35. The van der Waals surface area contributed by atoms with E-state index in [9.17, 15) is 13.6 Å². The normalized spacial score (nSPS) is 14.6. The van der Waals surface area contributed by atoms with Gasteiger partial charge in [-0.1, -0.05) is 19.1 Å². The van der Waals surface area contributed by atoms with Crippen LogP contribution in [-0.4, -0.2) is 52.6 Å². The molecule has 5 rings (SSSR count). The van der Waals surface area contributed by atoms with Gasteiger partial charge in [0.05, 0.1) is 5.39 Å². The molecule has 1 aliphatic rings. The van der Waals surface area contributed by atoms with Crippen LogP contribution in [0.5, 0.6) is 0 Å². The summed E-state index contributed by atoms with van der Waals surface area (Å²) in [4.78, 5) is 27.4. The number of H-pyrrole nitrogens is 1. The van der Waals surface area contributed by atoms with Gasteiger partial charge in [0.15, 0.2) is 5.82 Å². The molecule has 0 radical (unpaired) electrons. The Morgan fingerprint density at radius 2 is 1.71 bits per heavy atom. The second kappa shape index (κ2) is 8.83. The Kier molecular flexibility index (Phi) is 5.70. The van der Waals surface area contributed by atoms with Gasteiger partial charge in [-0.25, -0.2) is 9.37 Å². The largest absolute Gasteiger partial charge is 0.382 e. The van der Waals surface area contributed by atoms with Crippen molar-refractivity contribution in [2.24, 2.45) is 0 Å². The Balaban J connectivity index is 1.50. The van der Waals surface area contributed by atoms with Crippen LogP contribution in [0.4, 0.5) is 20.3 Å². The zero-order valence-corrected chi connectivity index (χ0v) is 18.7. The number of anilines is 2. The Bertz CT molecular complexity index is 1410. The van der Waals surface area contributed by atoms with Crippen molar-refractivity contribution in [2.75, 3.05) is 43.4 Å². The first-order valence-corrected chi connectivity index (χ1v) is 11.2. The Morgan fingerprint density at radius 1 is 0.971 bits per heavy atom. The number of pyridine rings is 1. The molecule has 1 aliphatic heterocycles. The van der Waals surface area contributed by atoms with Crippen LogP contribution in [-0.2, 0) is 0 Å². The second-order valence-electron chi connectivity index (χ2n) is 8.29. The summed E-state index contributed by atoms with van der Waals surface area (Å²) in [7, 11) is 0. The summed E-state index contributed by atoms with van der Waals surface area (Å²) in [5, 5.41) is 0.328. The minimum atomic E-state index is -0.803. The summed E-state index contributed by atoms with van der Waals surface area (Å²) < 4.78 is 29.5. The third kappa shape index (κ3) is 3.99. The van der Waals surface area contributed by atoms with Crippen molar-refractivity contribution in [3.05, 3.63) is 70.8 Å². The zero-order valence-electron chi connectivity index (χ0n) is 18.7. The van der Waals surface area contributed by atoms with Crippen molar-refractivity contribution >= 4 is 22.3 Å². The number of hydrogen-bond donors (Lipinski definition) is 2. The van der Waals surface area contributed by atoms with Crippen molar-refractivity contribution in [3.63, 3.8) is 0 Å². The minimum absolute atomic E-state index is 0.0259. The first-order chi connectivity index (χ1) is 16.4. The standard InChI is InChI=1S/C25H24F2N6O/c1-2-32-9-11-33(12-10-32)18-5-3-15(4-6-18)21-23(27)31-24(28)22(30-21)17-13-16-7-8-29-25(34)20(16)19(26)14-17/h3-8,13-14H,2,9-12H2,1H3,(H2,28,31)(H,29,34). The first kappa shape index (κ1) is 22.0. The molecule has 1 fully saturated rings. The van der Waals surface area contributed by atoms with Crippen LogP contribution in [0.25, 0.3) is 33.3 Å². The lowest BCUT2D eigenvalue weighted by atomic mass is 10.0. The van der Waals surface area contributed by atoms with Gasteiger partial charge in [-0.15, -0.1) is 0 Å². The molecule has 4 aromatic rings. The van der Waals surface area contributed by atoms with E-state index >= 15 is 0 Å². The molecule has 174 valence electrons. The molecule has 3 heterocycles. The van der Waals surface area contributed by atoms with Gasteiger partial charge in [0.25, 0.3) is 5.56 Å². The van der Waals surface area contributed by atoms with Crippen LogP contribution >= 0.6 is 0 Å². The third-order valence-electron chi connectivity index (χ3n) is 6.30. The van der Waals surface area contributed by atoms with E-state index < -0.39 is 17.3 Å². The van der Waals surface area contributed by atoms with Gasteiger partial charge in [0.2, 0.25) is 5.95 Å². The summed E-state index contributed by atoms with van der Waals surface area (Å²) in [5.74, 6) is -1.67. The summed E-state index contributed by atoms with van der Waals surface area (Å²) in [5.41, 5.74) is 7.51. The number of nitrogens with zero attached hydrogens (tertiary/aromatic N) is 4. The molecule has 9 heteroatoms. The molecule has 2 aromatic heterocycles. The number of likely N-dealkylation sites (N-methyl/N-ethyl adjacent to an activating group) is 1. The van der Waals surface area contributed by atoms with Crippen LogP contribution in [0.2, 0.25) is 0 Å². The highest BCUT2D eigenvalue weighted by Crippen LogP contribution is 2.31. The number of aromatic nitrogens is 3.